The number of aromatic nitrogens is 2. The third-order valence-corrected chi connectivity index (χ3v) is 4.87. The van der Waals surface area contributed by atoms with Gasteiger partial charge >= 0.3 is 0 Å². The van der Waals surface area contributed by atoms with Crippen molar-refractivity contribution in [3.05, 3.63) is 58.6 Å². The Balaban J connectivity index is 2.34. The van der Waals surface area contributed by atoms with Gasteiger partial charge in [0, 0.05) is 5.56 Å². The summed E-state index contributed by atoms with van der Waals surface area (Å²) in [6.45, 7) is 9.93. The van der Waals surface area contributed by atoms with Crippen molar-refractivity contribution in [1.82, 2.24) is 4.98 Å². The fourth-order valence-corrected chi connectivity index (χ4v) is 3.45. The Labute approximate surface area is 150 Å². The first kappa shape index (κ1) is 16.2. The lowest BCUT2D eigenvalue weighted by Crippen LogP contribution is -2.32. The minimum absolute atomic E-state index is 0.155. The highest BCUT2D eigenvalue weighted by Gasteiger charge is 2.20. The zero-order valence-electron chi connectivity index (χ0n) is 16.9. The van der Waals surface area contributed by atoms with E-state index in [4.69, 9.17) is 1.37 Å². The van der Waals surface area contributed by atoms with Gasteiger partial charge in [0.15, 0.2) is 6.89 Å². The Morgan fingerprint density at radius 3 is 2.56 bits per heavy atom. The van der Waals surface area contributed by atoms with Gasteiger partial charge in [-0.15, -0.1) is 0 Å². The molecule has 0 N–H and O–H groups in total. The molecule has 0 atom stereocenters. The summed E-state index contributed by atoms with van der Waals surface area (Å²) >= 11 is 0. The first-order chi connectivity index (χ1) is 12.2. The molecule has 3 heteroatoms. The predicted octanol–water partition coefficient (Wildman–Crippen LogP) is 4.99. The van der Waals surface area contributed by atoms with Crippen LogP contribution in [0.3, 0.4) is 0 Å². The molecule has 0 aliphatic rings. The molecule has 0 spiro atoms. The number of hydrogen-bond donors (Lipinski definition) is 0. The zero-order valence-corrected chi connectivity index (χ0v) is 15.9. The fourth-order valence-electron chi connectivity index (χ4n) is 3.45. The monoisotopic (exact) mass is 338 g/mol. The van der Waals surface area contributed by atoms with E-state index in [9.17, 15) is 4.39 Å². The molecule has 25 heavy (non-hydrogen) atoms. The van der Waals surface area contributed by atoms with Crippen molar-refractivity contribution < 1.29 is 10.3 Å². The molecule has 2 aromatic carbocycles. The van der Waals surface area contributed by atoms with Crippen LogP contribution in [0.2, 0.25) is 0 Å². The second-order valence-corrected chi connectivity index (χ2v) is 7.37. The minimum atomic E-state index is -0.155. The molecule has 0 unspecified atom stereocenters. The predicted molar refractivity (Wildman–Crippen MR) is 101 cm³/mol. The highest BCUT2D eigenvalue weighted by atomic mass is 19.1. The third kappa shape index (κ3) is 3.15. The van der Waals surface area contributed by atoms with Gasteiger partial charge in [-0.2, -0.15) is 0 Å². The summed E-state index contributed by atoms with van der Waals surface area (Å²) in [5.74, 6) is 0.407. The van der Waals surface area contributed by atoms with E-state index in [2.05, 4.69) is 37.0 Å². The second kappa shape index (κ2) is 6.55. The molecule has 3 rings (SSSR count). The molecule has 1 heterocycles. The van der Waals surface area contributed by atoms with Crippen LogP contribution in [0.4, 0.5) is 4.39 Å². The molecule has 3 aromatic rings. The van der Waals surface area contributed by atoms with E-state index in [1.165, 1.54) is 5.56 Å². The first-order valence-corrected chi connectivity index (χ1v) is 8.76. The van der Waals surface area contributed by atoms with Crippen LogP contribution in [0, 0.1) is 32.5 Å². The Morgan fingerprint density at radius 2 is 1.88 bits per heavy atom. The SMILES string of the molecule is [2H]c1nc2cc(CC(C)C)ccc2c(-c2cc(C)c(F)c(C)c2C)[n+]1C. The molecule has 0 amide bonds. The number of rotatable bonds is 3. The fraction of sp³-hybridized carbons (Fsp3) is 0.364. The summed E-state index contributed by atoms with van der Waals surface area (Å²) in [6.07, 6.45) is 1.18. The van der Waals surface area contributed by atoms with E-state index in [0.717, 1.165) is 34.1 Å². The molecule has 0 aliphatic heterocycles. The van der Waals surface area contributed by atoms with Gasteiger partial charge in [0.05, 0.1) is 12.4 Å². The largest absolute Gasteiger partial charge is 0.287 e. The van der Waals surface area contributed by atoms with Crippen molar-refractivity contribution >= 4 is 10.9 Å². The van der Waals surface area contributed by atoms with E-state index in [1.54, 1.807) is 11.5 Å². The first-order valence-electron chi connectivity index (χ1n) is 9.26. The van der Waals surface area contributed by atoms with Crippen LogP contribution in [0.1, 0.15) is 37.5 Å². The maximum absolute atomic E-state index is 14.3. The molecule has 0 saturated carbocycles. The lowest BCUT2D eigenvalue weighted by molar-refractivity contribution is -0.662. The standard InChI is InChI=1S/C22H26FN2/c1-13(2)9-17-7-8-18-20(11-17)24-12-25(6)22(18)19-10-14(3)21(23)16(5)15(19)4/h7-8,10-13H,9H2,1-6H3/q+1/i12D. The Morgan fingerprint density at radius 1 is 1.16 bits per heavy atom. The van der Waals surface area contributed by atoms with Crippen molar-refractivity contribution in [3.8, 4) is 11.3 Å². The summed E-state index contributed by atoms with van der Waals surface area (Å²) in [7, 11) is 1.85. The molecule has 130 valence electrons. The van der Waals surface area contributed by atoms with Crippen LogP contribution in [-0.4, -0.2) is 4.98 Å². The molecule has 2 nitrogen and oxygen atoms in total. The van der Waals surface area contributed by atoms with Gasteiger partial charge in [-0.1, -0.05) is 19.9 Å². The van der Waals surface area contributed by atoms with E-state index >= 15 is 0 Å². The summed E-state index contributed by atoms with van der Waals surface area (Å²) in [5.41, 5.74) is 6.11. The van der Waals surface area contributed by atoms with Crippen LogP contribution in [0.25, 0.3) is 22.2 Å². The van der Waals surface area contributed by atoms with Crippen LogP contribution in [0.5, 0.6) is 0 Å². The normalized spacial score (nSPS) is 12.1. The Kier molecular flexibility index (Phi) is 4.24. The van der Waals surface area contributed by atoms with E-state index < -0.39 is 0 Å². The van der Waals surface area contributed by atoms with E-state index in [-0.39, 0.29) is 12.1 Å². The topological polar surface area (TPSA) is 16.8 Å². The van der Waals surface area contributed by atoms with Crippen LogP contribution >= 0.6 is 0 Å². The smallest absolute Gasteiger partial charge is 0.232 e. The molecule has 0 fully saturated rings. The average Bonchev–Trinajstić information content (AvgIpc) is 2.57. The molecule has 0 bridgehead atoms. The Hall–Kier alpha value is -2.29. The van der Waals surface area contributed by atoms with Gasteiger partial charge in [-0.05, 0) is 78.5 Å². The highest BCUT2D eigenvalue weighted by molar-refractivity contribution is 5.92. The lowest BCUT2D eigenvalue weighted by Gasteiger charge is -2.14. The number of benzene rings is 2. The number of aryl methyl sites for hydroxylation is 1. The third-order valence-electron chi connectivity index (χ3n) is 4.87. The number of fused-ring (bicyclic) bond motifs is 1. The number of halogens is 1. The average molecular weight is 338 g/mol. The van der Waals surface area contributed by atoms with Gasteiger partial charge in [0.25, 0.3) is 6.30 Å². The van der Waals surface area contributed by atoms with Crippen molar-refractivity contribution in [2.45, 2.75) is 41.0 Å². The van der Waals surface area contributed by atoms with Gasteiger partial charge in [0.2, 0.25) is 0 Å². The van der Waals surface area contributed by atoms with Gasteiger partial charge in [0.1, 0.15) is 11.5 Å². The van der Waals surface area contributed by atoms with Crippen LogP contribution < -0.4 is 4.57 Å². The Bertz CT molecular complexity index is 1010. The number of nitrogens with zero attached hydrogens (tertiary/aromatic N) is 2. The minimum Gasteiger partial charge on any atom is -0.232 e. The van der Waals surface area contributed by atoms with Crippen molar-refractivity contribution in [1.29, 1.82) is 0 Å². The van der Waals surface area contributed by atoms with E-state index in [0.29, 0.717) is 17.0 Å². The number of hydrogen-bond acceptors (Lipinski definition) is 1. The molecule has 1 aromatic heterocycles. The highest BCUT2D eigenvalue weighted by Crippen LogP contribution is 2.31. The molecule has 0 radical (unpaired) electrons. The summed E-state index contributed by atoms with van der Waals surface area (Å²) in [6, 6.07) is 8.18. The lowest BCUT2D eigenvalue weighted by atomic mass is 9.94. The summed E-state index contributed by atoms with van der Waals surface area (Å²) < 4.78 is 24.4. The zero-order chi connectivity index (χ0) is 19.2. The summed E-state index contributed by atoms with van der Waals surface area (Å²) in [4.78, 5) is 4.48. The van der Waals surface area contributed by atoms with Gasteiger partial charge < -0.3 is 0 Å². The van der Waals surface area contributed by atoms with E-state index in [1.807, 2.05) is 27.0 Å². The van der Waals surface area contributed by atoms with Crippen molar-refractivity contribution in [3.63, 3.8) is 0 Å². The van der Waals surface area contributed by atoms with Gasteiger partial charge in [-0.3, -0.25) is 0 Å². The van der Waals surface area contributed by atoms with Crippen molar-refractivity contribution in [2.24, 2.45) is 13.0 Å². The molecule has 0 saturated heterocycles. The quantitative estimate of drug-likeness (QED) is 0.615. The van der Waals surface area contributed by atoms with Gasteiger partial charge in [-0.25, -0.2) is 8.96 Å². The molecule has 0 aliphatic carbocycles. The molecular formula is C22H26FN2+. The molecular weight excluding hydrogens is 311 g/mol. The summed E-state index contributed by atoms with van der Waals surface area (Å²) in [5, 5.41) is 0.990. The second-order valence-electron chi connectivity index (χ2n) is 7.37. The van der Waals surface area contributed by atoms with Crippen LogP contribution in [-0.2, 0) is 13.5 Å². The van der Waals surface area contributed by atoms with Crippen LogP contribution in [0.15, 0.2) is 30.6 Å². The maximum atomic E-state index is 14.3. The maximum Gasteiger partial charge on any atom is 0.287 e. The van der Waals surface area contributed by atoms with Crippen molar-refractivity contribution in [2.75, 3.05) is 0 Å².